The van der Waals surface area contributed by atoms with E-state index in [-0.39, 0.29) is 37.5 Å². The molecule has 0 saturated heterocycles. The molecule has 0 rings (SSSR count). The van der Waals surface area contributed by atoms with Crippen LogP contribution in [0.2, 0.25) is 0 Å². The second kappa shape index (κ2) is 47.5. The summed E-state index contributed by atoms with van der Waals surface area (Å²) in [5.41, 5.74) is 0. The summed E-state index contributed by atoms with van der Waals surface area (Å²) in [6.07, 6.45) is 59.0. The Labute approximate surface area is 363 Å². The first-order valence-electron chi connectivity index (χ1n) is 24.5. The van der Waals surface area contributed by atoms with Gasteiger partial charge in [0.1, 0.15) is 13.2 Å². The molecule has 0 aliphatic carbocycles. The molecule has 6 nitrogen and oxygen atoms in total. The van der Waals surface area contributed by atoms with E-state index in [1.165, 1.54) is 103 Å². The molecule has 0 aliphatic rings. The fraction of sp³-hybridized carbons (Fsp3) is 0.717. The highest BCUT2D eigenvalue weighted by atomic mass is 16.6. The number of carbonyl (C=O) groups excluding carboxylic acids is 3. The summed E-state index contributed by atoms with van der Waals surface area (Å²) in [7, 11) is 0. The largest absolute Gasteiger partial charge is 0.462 e. The molecule has 0 aliphatic heterocycles. The third-order valence-corrected chi connectivity index (χ3v) is 10.2. The number of rotatable bonds is 43. The minimum Gasteiger partial charge on any atom is -0.462 e. The summed E-state index contributed by atoms with van der Waals surface area (Å²) in [5.74, 6) is -0.972. The van der Waals surface area contributed by atoms with E-state index in [1.54, 1.807) is 0 Å². The van der Waals surface area contributed by atoms with Crippen LogP contribution in [0.4, 0.5) is 0 Å². The molecule has 6 heteroatoms. The average molecular weight is 823 g/mol. The molecular weight excluding hydrogens is 733 g/mol. The van der Waals surface area contributed by atoms with Crippen LogP contribution >= 0.6 is 0 Å². The summed E-state index contributed by atoms with van der Waals surface area (Å²) in [6, 6.07) is 0. The van der Waals surface area contributed by atoms with Crippen molar-refractivity contribution in [2.24, 2.45) is 0 Å². The van der Waals surface area contributed by atoms with Gasteiger partial charge in [0.25, 0.3) is 0 Å². The van der Waals surface area contributed by atoms with E-state index < -0.39 is 6.10 Å². The van der Waals surface area contributed by atoms with Gasteiger partial charge in [0.05, 0.1) is 0 Å². The molecule has 0 aromatic rings. The van der Waals surface area contributed by atoms with Gasteiger partial charge in [0.15, 0.2) is 6.10 Å². The van der Waals surface area contributed by atoms with Crippen LogP contribution in [0.5, 0.6) is 0 Å². The Kier molecular flexibility index (Phi) is 45.0. The molecule has 0 heterocycles. The highest BCUT2D eigenvalue weighted by molar-refractivity contribution is 5.71. The molecule has 0 bridgehead atoms. The molecule has 0 aromatic heterocycles. The minimum atomic E-state index is -0.804. The third-order valence-electron chi connectivity index (χ3n) is 10.2. The lowest BCUT2D eigenvalue weighted by Gasteiger charge is -2.18. The fourth-order valence-electron chi connectivity index (χ4n) is 6.49. The molecule has 59 heavy (non-hydrogen) atoms. The van der Waals surface area contributed by atoms with Gasteiger partial charge in [-0.15, -0.1) is 0 Å². The average Bonchev–Trinajstić information content (AvgIpc) is 3.23. The van der Waals surface area contributed by atoms with Crippen molar-refractivity contribution in [3.8, 4) is 0 Å². The van der Waals surface area contributed by atoms with Crippen molar-refractivity contribution in [2.45, 2.75) is 232 Å². The van der Waals surface area contributed by atoms with Crippen LogP contribution in [-0.2, 0) is 28.6 Å². The van der Waals surface area contributed by atoms with E-state index in [0.29, 0.717) is 19.3 Å². The summed E-state index contributed by atoms with van der Waals surface area (Å²) < 4.78 is 16.7. The topological polar surface area (TPSA) is 78.9 Å². The van der Waals surface area contributed by atoms with Crippen LogP contribution in [0.25, 0.3) is 0 Å². The lowest BCUT2D eigenvalue weighted by atomic mass is 10.1. The molecule has 1 unspecified atom stereocenters. The smallest absolute Gasteiger partial charge is 0.306 e. The maximum absolute atomic E-state index is 12.7. The van der Waals surface area contributed by atoms with Crippen LogP contribution < -0.4 is 0 Å². The molecule has 0 amide bonds. The molecular formula is C53H90O6. The maximum atomic E-state index is 12.7. The number of hydrogen-bond acceptors (Lipinski definition) is 6. The van der Waals surface area contributed by atoms with Crippen LogP contribution in [0, 0.1) is 0 Å². The highest BCUT2D eigenvalue weighted by Crippen LogP contribution is 2.14. The Morgan fingerprint density at radius 3 is 1.25 bits per heavy atom. The van der Waals surface area contributed by atoms with Gasteiger partial charge in [0, 0.05) is 19.3 Å². The van der Waals surface area contributed by atoms with Crippen LogP contribution in [0.3, 0.4) is 0 Å². The molecule has 0 radical (unpaired) electrons. The van der Waals surface area contributed by atoms with E-state index in [1.807, 2.05) is 0 Å². The molecule has 338 valence electrons. The van der Waals surface area contributed by atoms with Gasteiger partial charge in [-0.3, -0.25) is 14.4 Å². The minimum absolute atomic E-state index is 0.100. The zero-order valence-corrected chi connectivity index (χ0v) is 38.5. The second-order valence-electron chi connectivity index (χ2n) is 16.0. The maximum Gasteiger partial charge on any atom is 0.306 e. The molecule has 0 fully saturated rings. The zero-order chi connectivity index (χ0) is 43.0. The summed E-state index contributed by atoms with van der Waals surface area (Å²) in [4.78, 5) is 37.8. The fourth-order valence-corrected chi connectivity index (χ4v) is 6.49. The zero-order valence-electron chi connectivity index (χ0n) is 38.5. The van der Waals surface area contributed by atoms with Gasteiger partial charge in [-0.2, -0.15) is 0 Å². The van der Waals surface area contributed by atoms with Crippen molar-refractivity contribution < 1.29 is 28.6 Å². The summed E-state index contributed by atoms with van der Waals surface area (Å²) in [5, 5.41) is 0. The predicted octanol–water partition coefficient (Wildman–Crippen LogP) is 15.9. The van der Waals surface area contributed by atoms with Crippen LogP contribution in [0.1, 0.15) is 226 Å². The summed E-state index contributed by atoms with van der Waals surface area (Å²) in [6.45, 7) is 6.39. The van der Waals surface area contributed by atoms with E-state index >= 15 is 0 Å². The molecule has 1 atom stereocenters. The first-order valence-corrected chi connectivity index (χ1v) is 24.5. The van der Waals surface area contributed by atoms with Gasteiger partial charge in [0.2, 0.25) is 0 Å². The van der Waals surface area contributed by atoms with E-state index in [4.69, 9.17) is 14.2 Å². The van der Waals surface area contributed by atoms with Gasteiger partial charge in [-0.25, -0.2) is 0 Å². The van der Waals surface area contributed by atoms with Gasteiger partial charge in [-0.05, 0) is 89.9 Å². The Hall–Kier alpha value is -3.15. The lowest BCUT2D eigenvalue weighted by Crippen LogP contribution is -2.30. The van der Waals surface area contributed by atoms with Crippen molar-refractivity contribution in [2.75, 3.05) is 13.2 Å². The Balaban J connectivity index is 4.36. The van der Waals surface area contributed by atoms with Gasteiger partial charge >= 0.3 is 17.9 Å². The van der Waals surface area contributed by atoms with Crippen LogP contribution in [0.15, 0.2) is 72.9 Å². The number of unbranched alkanes of at least 4 members (excludes halogenated alkanes) is 21. The van der Waals surface area contributed by atoms with Crippen molar-refractivity contribution in [1.29, 1.82) is 0 Å². The number of ether oxygens (including phenoxy) is 3. The normalized spacial score (nSPS) is 12.7. The molecule has 0 N–H and O–H groups in total. The highest BCUT2D eigenvalue weighted by Gasteiger charge is 2.19. The number of esters is 3. The monoisotopic (exact) mass is 823 g/mol. The number of allylic oxidation sites excluding steroid dienone is 12. The van der Waals surface area contributed by atoms with E-state index in [0.717, 1.165) is 77.0 Å². The van der Waals surface area contributed by atoms with Crippen molar-refractivity contribution >= 4 is 17.9 Å². The van der Waals surface area contributed by atoms with Crippen molar-refractivity contribution in [3.63, 3.8) is 0 Å². The number of carbonyl (C=O) groups is 3. The lowest BCUT2D eigenvalue weighted by molar-refractivity contribution is -0.167. The summed E-state index contributed by atoms with van der Waals surface area (Å²) >= 11 is 0. The third kappa shape index (κ3) is 45.8. The first kappa shape index (κ1) is 55.9. The standard InChI is InChI=1S/C53H90O6/c1-4-7-10-13-16-19-22-23-24-25-26-27-28-29-32-34-37-40-43-46-52(55)58-49-50(59-53(56)47-44-41-38-35-31-21-18-15-12-9-6-3)48-57-51(54)45-42-39-36-33-30-20-17-14-11-8-5-2/h9,12,14,16-19,21-23,35,38,50H,4-8,10-11,13,15,20,24-34,36-37,39-49H2,1-3H3/b12-9-,17-14-,19-16-,21-18-,23-22-,38-35-. The molecule has 0 aromatic carbocycles. The number of hydrogen-bond donors (Lipinski definition) is 0. The molecule has 0 saturated carbocycles. The Morgan fingerprint density at radius 1 is 0.373 bits per heavy atom. The SMILES string of the molecule is CC/C=C\C/C=C\C/C=C\CCCC(=O)OC(COC(=O)CCCCCCC/C=C\CCCC)COC(=O)CCCCCCCCCCCC/C=C\C=C/CCCCC. The van der Waals surface area contributed by atoms with Crippen LogP contribution in [-0.4, -0.2) is 37.2 Å². The van der Waals surface area contributed by atoms with Gasteiger partial charge in [-0.1, -0.05) is 190 Å². The van der Waals surface area contributed by atoms with Crippen molar-refractivity contribution in [1.82, 2.24) is 0 Å². The van der Waals surface area contributed by atoms with Gasteiger partial charge < -0.3 is 14.2 Å². The second-order valence-corrected chi connectivity index (χ2v) is 16.0. The predicted molar refractivity (Wildman–Crippen MR) is 251 cm³/mol. The van der Waals surface area contributed by atoms with Crippen molar-refractivity contribution in [3.05, 3.63) is 72.9 Å². The van der Waals surface area contributed by atoms with E-state index in [9.17, 15) is 14.4 Å². The van der Waals surface area contributed by atoms with E-state index in [2.05, 4.69) is 93.7 Å². The quantitative estimate of drug-likeness (QED) is 0.0200. The Morgan fingerprint density at radius 2 is 0.746 bits per heavy atom. The first-order chi connectivity index (χ1) is 29.0. The molecule has 0 spiro atoms. The Bertz CT molecular complexity index is 1130.